The number of hydrogen-bond acceptors (Lipinski definition) is 7. The molecule has 0 saturated carbocycles. The molecule has 4 heterocycles. The van der Waals surface area contributed by atoms with Crippen LogP contribution in [-0.4, -0.2) is 53.6 Å². The molecule has 3 aliphatic rings. The van der Waals surface area contributed by atoms with Crippen LogP contribution in [0, 0.1) is 0 Å². The van der Waals surface area contributed by atoms with Crippen molar-refractivity contribution in [1.82, 2.24) is 14.5 Å². The van der Waals surface area contributed by atoms with E-state index in [0.29, 0.717) is 13.2 Å². The van der Waals surface area contributed by atoms with Crippen molar-refractivity contribution in [3.63, 3.8) is 0 Å². The van der Waals surface area contributed by atoms with Crippen LogP contribution in [0.15, 0.2) is 36.8 Å². The molecule has 0 spiro atoms. The van der Waals surface area contributed by atoms with Crippen LogP contribution < -0.4 is 0 Å². The van der Waals surface area contributed by atoms with Crippen molar-refractivity contribution in [3.05, 3.63) is 59.2 Å². The Morgan fingerprint density at radius 1 is 1.00 bits per heavy atom. The molecule has 9 heteroatoms. The first kappa shape index (κ1) is 28.0. The SMILES string of the molecule is CCOCc1ncnc2c1ccn2C1OC(C(O[Si](CC)(CC)CC)c2ccc3c(c2)CC3)C2OC(C)(C)OC21. The maximum atomic E-state index is 7.29. The van der Waals surface area contributed by atoms with Gasteiger partial charge in [0.25, 0.3) is 0 Å². The van der Waals surface area contributed by atoms with E-state index in [2.05, 4.69) is 53.5 Å². The summed E-state index contributed by atoms with van der Waals surface area (Å²) in [6.07, 6.45) is 4.34. The number of aryl methyl sites for hydroxylation is 2. The Morgan fingerprint density at radius 2 is 1.75 bits per heavy atom. The molecule has 2 aromatic heterocycles. The zero-order valence-electron chi connectivity index (χ0n) is 24.7. The Morgan fingerprint density at radius 3 is 2.42 bits per heavy atom. The van der Waals surface area contributed by atoms with E-state index in [4.69, 9.17) is 23.4 Å². The summed E-state index contributed by atoms with van der Waals surface area (Å²) in [6, 6.07) is 12.1. The monoisotopic (exact) mass is 565 g/mol. The first-order valence-electron chi connectivity index (χ1n) is 15.0. The van der Waals surface area contributed by atoms with Crippen molar-refractivity contribution in [2.24, 2.45) is 0 Å². The van der Waals surface area contributed by atoms with Crippen molar-refractivity contribution in [3.8, 4) is 0 Å². The lowest BCUT2D eigenvalue weighted by atomic mass is 9.85. The summed E-state index contributed by atoms with van der Waals surface area (Å²) >= 11 is 0. The van der Waals surface area contributed by atoms with Gasteiger partial charge in [0, 0.05) is 18.2 Å². The maximum Gasteiger partial charge on any atom is 0.193 e. The molecule has 0 bridgehead atoms. The Kier molecular flexibility index (Phi) is 7.65. The van der Waals surface area contributed by atoms with Crippen LogP contribution in [0.4, 0.5) is 0 Å². The molecule has 1 aliphatic carbocycles. The Balaban J connectivity index is 1.41. The molecule has 6 rings (SSSR count). The number of hydrogen-bond donors (Lipinski definition) is 0. The highest BCUT2D eigenvalue weighted by atomic mass is 28.4. The van der Waals surface area contributed by atoms with Gasteiger partial charge in [-0.05, 0) is 74.5 Å². The predicted molar refractivity (Wildman–Crippen MR) is 155 cm³/mol. The van der Waals surface area contributed by atoms with E-state index < -0.39 is 20.3 Å². The molecule has 40 heavy (non-hydrogen) atoms. The van der Waals surface area contributed by atoms with Gasteiger partial charge in [0.1, 0.15) is 30.3 Å². The van der Waals surface area contributed by atoms with Gasteiger partial charge in [-0.25, -0.2) is 9.97 Å². The fraction of sp³-hybridized carbons (Fsp3) is 0.613. The summed E-state index contributed by atoms with van der Waals surface area (Å²) in [5, 5.41) is 0.960. The molecule has 1 aromatic carbocycles. The standard InChI is InChI=1S/C31H43N3O5Si/c1-7-35-18-24-23-15-16-34(29(23)33-19-32-24)30-28-27(37-31(5,6)38-28)26(36-30)25(39-40(8-2,9-3)10-4)22-14-12-20-11-13-21(20)17-22/h12,14-17,19,25-28,30H,7-11,13,18H2,1-6H3. The molecule has 5 unspecified atom stereocenters. The van der Waals surface area contributed by atoms with E-state index in [9.17, 15) is 0 Å². The first-order valence-corrected chi connectivity index (χ1v) is 17.5. The number of aromatic nitrogens is 3. The molecule has 216 valence electrons. The topological polar surface area (TPSA) is 76.9 Å². The van der Waals surface area contributed by atoms with Crippen molar-refractivity contribution in [2.75, 3.05) is 6.61 Å². The largest absolute Gasteiger partial charge is 0.407 e. The average Bonchev–Trinajstić information content (AvgIpc) is 3.60. The van der Waals surface area contributed by atoms with Crippen LogP contribution in [0.1, 0.15) is 76.3 Å². The van der Waals surface area contributed by atoms with Crippen molar-refractivity contribution >= 4 is 19.4 Å². The molecule has 0 N–H and O–H groups in total. The van der Waals surface area contributed by atoms with E-state index >= 15 is 0 Å². The highest BCUT2D eigenvalue weighted by Gasteiger charge is 2.59. The van der Waals surface area contributed by atoms with Crippen LogP contribution in [0.5, 0.6) is 0 Å². The lowest BCUT2D eigenvalue weighted by Gasteiger charge is -2.38. The second-order valence-corrected chi connectivity index (χ2v) is 16.5. The summed E-state index contributed by atoms with van der Waals surface area (Å²) in [6.45, 7) is 13.9. The van der Waals surface area contributed by atoms with Gasteiger partial charge < -0.3 is 27.9 Å². The molecule has 8 nitrogen and oxygen atoms in total. The zero-order chi connectivity index (χ0) is 28.1. The number of ether oxygens (including phenoxy) is 4. The van der Waals surface area contributed by atoms with Gasteiger partial charge in [-0.2, -0.15) is 0 Å². The molecule has 2 fully saturated rings. The van der Waals surface area contributed by atoms with Gasteiger partial charge in [0.05, 0.1) is 18.4 Å². The lowest BCUT2D eigenvalue weighted by molar-refractivity contribution is -0.206. The summed E-state index contributed by atoms with van der Waals surface area (Å²) in [7, 11) is -1.99. The van der Waals surface area contributed by atoms with Crippen LogP contribution in [0.3, 0.4) is 0 Å². The van der Waals surface area contributed by atoms with Crippen LogP contribution in [-0.2, 0) is 42.8 Å². The number of benzene rings is 1. The molecule has 3 aromatic rings. The molecule has 2 saturated heterocycles. The first-order chi connectivity index (χ1) is 19.3. The molecule has 0 radical (unpaired) electrons. The second kappa shape index (κ2) is 10.9. The van der Waals surface area contributed by atoms with E-state index in [0.717, 1.165) is 47.7 Å². The van der Waals surface area contributed by atoms with Gasteiger partial charge >= 0.3 is 0 Å². The van der Waals surface area contributed by atoms with Crippen molar-refractivity contribution in [2.45, 2.75) is 116 Å². The van der Waals surface area contributed by atoms with Gasteiger partial charge in [-0.3, -0.25) is 0 Å². The Hall–Kier alpha value is -2.14. The molecule has 5 atom stereocenters. The minimum absolute atomic E-state index is 0.239. The van der Waals surface area contributed by atoms with Gasteiger partial charge in [-0.1, -0.05) is 39.0 Å². The maximum absolute atomic E-state index is 7.29. The van der Waals surface area contributed by atoms with E-state index in [1.54, 1.807) is 6.33 Å². The van der Waals surface area contributed by atoms with Gasteiger partial charge in [0.2, 0.25) is 0 Å². The summed E-state index contributed by atoms with van der Waals surface area (Å²) in [5.74, 6) is -0.729. The Labute approximate surface area is 238 Å². The van der Waals surface area contributed by atoms with Crippen molar-refractivity contribution in [1.29, 1.82) is 0 Å². The van der Waals surface area contributed by atoms with Crippen LogP contribution >= 0.6 is 0 Å². The van der Waals surface area contributed by atoms with E-state index in [1.807, 2.05) is 33.0 Å². The third kappa shape index (κ3) is 4.84. The average molecular weight is 566 g/mol. The summed E-state index contributed by atoms with van der Waals surface area (Å²) < 4.78 is 35.2. The minimum atomic E-state index is -1.99. The van der Waals surface area contributed by atoms with E-state index in [1.165, 1.54) is 16.7 Å². The van der Waals surface area contributed by atoms with Gasteiger partial charge in [0.15, 0.2) is 20.3 Å². The van der Waals surface area contributed by atoms with Crippen LogP contribution in [0.25, 0.3) is 11.0 Å². The lowest BCUT2D eigenvalue weighted by Crippen LogP contribution is -2.43. The second-order valence-electron chi connectivity index (χ2n) is 11.8. The number of rotatable bonds is 11. The fourth-order valence-electron chi connectivity index (χ4n) is 6.60. The normalized spacial score (nSPS) is 26.1. The third-order valence-corrected chi connectivity index (χ3v) is 13.8. The third-order valence-electron chi connectivity index (χ3n) is 9.20. The number of nitrogens with zero attached hydrogens (tertiary/aromatic N) is 3. The van der Waals surface area contributed by atoms with Crippen molar-refractivity contribution < 1.29 is 23.4 Å². The minimum Gasteiger partial charge on any atom is -0.407 e. The molecule has 2 aliphatic heterocycles. The highest BCUT2D eigenvalue weighted by molar-refractivity contribution is 6.73. The smallest absolute Gasteiger partial charge is 0.193 e. The predicted octanol–water partition coefficient (Wildman–Crippen LogP) is 6.25. The molecular weight excluding hydrogens is 522 g/mol. The highest BCUT2D eigenvalue weighted by Crippen LogP contribution is 2.49. The summed E-state index contributed by atoms with van der Waals surface area (Å²) in [5.41, 5.74) is 5.72. The number of fused-ring (bicyclic) bond motifs is 3. The quantitative estimate of drug-likeness (QED) is 0.255. The molecule has 0 amide bonds. The summed E-state index contributed by atoms with van der Waals surface area (Å²) in [4.78, 5) is 9.14. The Bertz CT molecular complexity index is 1350. The van der Waals surface area contributed by atoms with Gasteiger partial charge in [-0.15, -0.1) is 0 Å². The fourth-order valence-corrected chi connectivity index (χ4v) is 9.41. The van der Waals surface area contributed by atoms with E-state index in [-0.39, 0.29) is 24.4 Å². The van der Waals surface area contributed by atoms with Crippen LogP contribution in [0.2, 0.25) is 18.1 Å². The zero-order valence-corrected chi connectivity index (χ0v) is 25.7. The molecular formula is C31H43N3O5Si.